The molecule has 2 rings (SSSR count). The molecule has 2 aliphatic rings. The number of hydrogen-bond donors (Lipinski definition) is 0. The lowest BCUT2D eigenvalue weighted by Crippen LogP contribution is -2.32. The molecule has 0 heterocycles. The summed E-state index contributed by atoms with van der Waals surface area (Å²) in [6, 6.07) is 0. The fourth-order valence-electron chi connectivity index (χ4n) is 2.50. The van der Waals surface area contributed by atoms with Crippen LogP contribution in [0.3, 0.4) is 0 Å². The lowest BCUT2D eigenvalue weighted by atomic mass is 9.61. The lowest BCUT2D eigenvalue weighted by molar-refractivity contribution is 0.0814. The van der Waals surface area contributed by atoms with Crippen molar-refractivity contribution >= 4 is 0 Å². The van der Waals surface area contributed by atoms with Crippen LogP contribution in [0.5, 0.6) is 0 Å². The van der Waals surface area contributed by atoms with E-state index in [2.05, 4.69) is 19.1 Å². The van der Waals surface area contributed by atoms with Gasteiger partial charge in [-0.3, -0.25) is 0 Å². The van der Waals surface area contributed by atoms with E-state index < -0.39 is 0 Å². The Balaban J connectivity index is 0.000000281. The van der Waals surface area contributed by atoms with E-state index in [4.69, 9.17) is 0 Å². The molecule has 0 amide bonds. The highest BCUT2D eigenvalue weighted by atomic mass is 14.5. The van der Waals surface area contributed by atoms with Crippen LogP contribution >= 0.6 is 0 Å². The summed E-state index contributed by atoms with van der Waals surface area (Å²) in [5.41, 5.74) is 0.777. The van der Waals surface area contributed by atoms with Crippen molar-refractivity contribution < 1.29 is 0 Å². The molecule has 2 aliphatic carbocycles. The Morgan fingerprint density at radius 2 is 1.55 bits per heavy atom. The SMILES string of the molecule is CC.CC1CC2(CC=CC2)C1. The second-order valence-electron chi connectivity index (χ2n) is 3.89. The summed E-state index contributed by atoms with van der Waals surface area (Å²) in [6.07, 6.45) is 10.4. The molecule has 1 saturated carbocycles. The van der Waals surface area contributed by atoms with Crippen LogP contribution in [0.15, 0.2) is 12.2 Å². The highest BCUT2D eigenvalue weighted by molar-refractivity contribution is 5.07. The van der Waals surface area contributed by atoms with Gasteiger partial charge in [-0.15, -0.1) is 0 Å². The molecular weight excluding hydrogens is 132 g/mol. The third-order valence-electron chi connectivity index (χ3n) is 2.83. The number of allylic oxidation sites excluding steroid dienone is 2. The van der Waals surface area contributed by atoms with Gasteiger partial charge in [-0.2, -0.15) is 0 Å². The first kappa shape index (κ1) is 8.83. The molecular formula is C11H20. The normalized spacial score (nSPS) is 26.1. The van der Waals surface area contributed by atoms with E-state index >= 15 is 0 Å². The Bertz CT molecular complexity index is 128. The van der Waals surface area contributed by atoms with Crippen LogP contribution in [0.1, 0.15) is 46.5 Å². The summed E-state index contributed by atoms with van der Waals surface area (Å²) in [7, 11) is 0. The first-order valence-electron chi connectivity index (χ1n) is 4.96. The molecule has 0 aromatic carbocycles. The van der Waals surface area contributed by atoms with E-state index in [-0.39, 0.29) is 0 Å². The standard InChI is InChI=1S/C9H14.C2H6/c1-8-6-9(7-8)4-2-3-5-9;1-2/h2-3,8H,4-7H2,1H3;1-2H3. The van der Waals surface area contributed by atoms with Crippen LogP contribution in [0.4, 0.5) is 0 Å². The van der Waals surface area contributed by atoms with Gasteiger partial charge in [-0.05, 0) is 37.0 Å². The van der Waals surface area contributed by atoms with Gasteiger partial charge >= 0.3 is 0 Å². The van der Waals surface area contributed by atoms with Gasteiger partial charge in [0, 0.05) is 0 Å². The monoisotopic (exact) mass is 152 g/mol. The van der Waals surface area contributed by atoms with Crippen LogP contribution in [-0.2, 0) is 0 Å². The highest BCUT2D eigenvalue weighted by Gasteiger charge is 2.41. The van der Waals surface area contributed by atoms with Gasteiger partial charge < -0.3 is 0 Å². The summed E-state index contributed by atoms with van der Waals surface area (Å²) >= 11 is 0. The third kappa shape index (κ3) is 1.66. The van der Waals surface area contributed by atoms with Crippen LogP contribution in [0.25, 0.3) is 0 Å². The molecule has 0 nitrogen and oxygen atoms in total. The largest absolute Gasteiger partial charge is 0.0880 e. The van der Waals surface area contributed by atoms with Crippen molar-refractivity contribution in [2.75, 3.05) is 0 Å². The molecule has 1 fully saturated rings. The first-order chi connectivity index (χ1) is 5.31. The summed E-state index contributed by atoms with van der Waals surface area (Å²) in [4.78, 5) is 0. The van der Waals surface area contributed by atoms with Crippen molar-refractivity contribution in [3.05, 3.63) is 12.2 Å². The predicted molar refractivity (Wildman–Crippen MR) is 50.6 cm³/mol. The lowest BCUT2D eigenvalue weighted by Gasteiger charge is -2.43. The smallest absolute Gasteiger partial charge is 0.0223 e. The zero-order valence-corrected chi connectivity index (χ0v) is 8.06. The Hall–Kier alpha value is -0.260. The zero-order chi connectivity index (χ0) is 8.32. The number of hydrogen-bond acceptors (Lipinski definition) is 0. The van der Waals surface area contributed by atoms with Crippen LogP contribution in [0, 0.1) is 11.3 Å². The predicted octanol–water partition coefficient (Wildman–Crippen LogP) is 3.78. The third-order valence-corrected chi connectivity index (χ3v) is 2.83. The van der Waals surface area contributed by atoms with Crippen molar-refractivity contribution in [1.82, 2.24) is 0 Å². The van der Waals surface area contributed by atoms with Crippen molar-refractivity contribution in [1.29, 1.82) is 0 Å². The summed E-state index contributed by atoms with van der Waals surface area (Å²) in [6.45, 7) is 6.36. The quantitative estimate of drug-likeness (QED) is 0.463. The topological polar surface area (TPSA) is 0 Å². The van der Waals surface area contributed by atoms with Crippen molar-refractivity contribution in [3.63, 3.8) is 0 Å². The first-order valence-corrected chi connectivity index (χ1v) is 4.96. The average Bonchev–Trinajstić information content (AvgIpc) is 2.40. The van der Waals surface area contributed by atoms with E-state index in [0.717, 1.165) is 11.3 Å². The Kier molecular flexibility index (Phi) is 2.75. The maximum Gasteiger partial charge on any atom is -0.0223 e. The Morgan fingerprint density at radius 1 is 1.09 bits per heavy atom. The minimum atomic E-state index is 0.777. The fourth-order valence-corrected chi connectivity index (χ4v) is 2.50. The Morgan fingerprint density at radius 3 is 1.91 bits per heavy atom. The molecule has 0 aromatic rings. The van der Waals surface area contributed by atoms with Gasteiger partial charge in [0.25, 0.3) is 0 Å². The second-order valence-corrected chi connectivity index (χ2v) is 3.89. The van der Waals surface area contributed by atoms with Crippen LogP contribution in [-0.4, -0.2) is 0 Å². The molecule has 0 heteroatoms. The highest BCUT2D eigenvalue weighted by Crippen LogP contribution is 2.53. The zero-order valence-electron chi connectivity index (χ0n) is 8.06. The molecule has 0 aromatic heterocycles. The molecule has 0 atom stereocenters. The van der Waals surface area contributed by atoms with Gasteiger partial charge in [0.2, 0.25) is 0 Å². The van der Waals surface area contributed by atoms with Gasteiger partial charge in [0.15, 0.2) is 0 Å². The van der Waals surface area contributed by atoms with Crippen LogP contribution in [0.2, 0.25) is 0 Å². The molecule has 11 heavy (non-hydrogen) atoms. The summed E-state index contributed by atoms with van der Waals surface area (Å²) in [5.74, 6) is 1.02. The van der Waals surface area contributed by atoms with Gasteiger partial charge in [-0.1, -0.05) is 32.9 Å². The van der Waals surface area contributed by atoms with Gasteiger partial charge in [0.1, 0.15) is 0 Å². The maximum absolute atomic E-state index is 2.36. The molecule has 0 bridgehead atoms. The van der Waals surface area contributed by atoms with E-state index in [1.807, 2.05) is 13.8 Å². The van der Waals surface area contributed by atoms with E-state index in [0.29, 0.717) is 0 Å². The molecule has 0 aliphatic heterocycles. The minimum absolute atomic E-state index is 0.777. The fraction of sp³-hybridized carbons (Fsp3) is 0.818. The van der Waals surface area contributed by atoms with Crippen molar-refractivity contribution in [2.45, 2.75) is 46.5 Å². The van der Waals surface area contributed by atoms with Gasteiger partial charge in [-0.25, -0.2) is 0 Å². The van der Waals surface area contributed by atoms with Crippen molar-refractivity contribution in [3.8, 4) is 0 Å². The van der Waals surface area contributed by atoms with Gasteiger partial charge in [0.05, 0.1) is 0 Å². The number of rotatable bonds is 0. The maximum atomic E-state index is 2.36. The van der Waals surface area contributed by atoms with E-state index in [1.54, 1.807) is 0 Å². The molecule has 1 spiro atoms. The average molecular weight is 152 g/mol. The molecule has 0 saturated heterocycles. The Labute approximate surface area is 70.7 Å². The minimum Gasteiger partial charge on any atom is -0.0880 e. The second kappa shape index (κ2) is 3.42. The van der Waals surface area contributed by atoms with E-state index in [9.17, 15) is 0 Å². The van der Waals surface area contributed by atoms with Crippen molar-refractivity contribution in [2.24, 2.45) is 11.3 Å². The molecule has 0 N–H and O–H groups in total. The van der Waals surface area contributed by atoms with E-state index in [1.165, 1.54) is 25.7 Å². The van der Waals surface area contributed by atoms with Crippen LogP contribution < -0.4 is 0 Å². The molecule has 0 unspecified atom stereocenters. The summed E-state index contributed by atoms with van der Waals surface area (Å²) < 4.78 is 0. The molecule has 0 radical (unpaired) electrons. The summed E-state index contributed by atoms with van der Waals surface area (Å²) in [5, 5.41) is 0. The molecule has 64 valence electrons.